The van der Waals surface area contributed by atoms with Crippen LogP contribution in [0.25, 0.3) is 0 Å². The minimum absolute atomic E-state index is 0.249. The average Bonchev–Trinajstić information content (AvgIpc) is 2.97. The predicted octanol–water partition coefficient (Wildman–Crippen LogP) is 3.67. The first-order valence-electron chi connectivity index (χ1n) is 7.88. The minimum Gasteiger partial charge on any atom is -0.375 e. The van der Waals surface area contributed by atoms with Gasteiger partial charge in [0.15, 0.2) is 5.78 Å². The van der Waals surface area contributed by atoms with Gasteiger partial charge in [-0.15, -0.1) is 0 Å². The monoisotopic (exact) mass is 351 g/mol. The summed E-state index contributed by atoms with van der Waals surface area (Å²) in [4.78, 5) is 14.7. The largest absolute Gasteiger partial charge is 0.375 e. The summed E-state index contributed by atoms with van der Waals surface area (Å²) in [5, 5.41) is 0. The third kappa shape index (κ3) is 3.74. The van der Waals surface area contributed by atoms with Gasteiger partial charge >= 0.3 is 0 Å². The zero-order valence-electron chi connectivity index (χ0n) is 12.3. The van der Waals surface area contributed by atoms with E-state index in [1.54, 1.807) is 0 Å². The quantitative estimate of drug-likeness (QED) is 0.758. The molecule has 4 heteroatoms. The molecule has 1 aliphatic heterocycles. The third-order valence-electron chi connectivity index (χ3n) is 4.61. The SMILES string of the molecule is O=C(CCCN1CCOC2CCCC21)c1ccc(Br)cc1. The molecule has 1 saturated carbocycles. The minimum atomic E-state index is 0.249. The second-order valence-corrected chi connectivity index (χ2v) is 6.89. The van der Waals surface area contributed by atoms with Crippen molar-refractivity contribution in [2.24, 2.45) is 0 Å². The number of fused-ring (bicyclic) bond motifs is 1. The fourth-order valence-electron chi connectivity index (χ4n) is 3.51. The van der Waals surface area contributed by atoms with Crippen LogP contribution in [0.1, 0.15) is 42.5 Å². The van der Waals surface area contributed by atoms with E-state index in [4.69, 9.17) is 4.74 Å². The first kappa shape index (κ1) is 15.2. The molecule has 1 aromatic rings. The molecular formula is C17H22BrNO2. The Kier molecular flexibility index (Phi) is 5.09. The summed E-state index contributed by atoms with van der Waals surface area (Å²) in [6, 6.07) is 8.25. The Morgan fingerprint density at radius 2 is 2.10 bits per heavy atom. The molecule has 0 N–H and O–H groups in total. The standard InChI is InChI=1S/C17H22BrNO2/c18-14-8-6-13(7-9-14)16(20)4-2-10-19-11-12-21-17-5-1-3-15(17)19/h6-9,15,17H,1-5,10-12H2. The van der Waals surface area contributed by atoms with Crippen molar-refractivity contribution in [1.82, 2.24) is 4.90 Å². The summed E-state index contributed by atoms with van der Waals surface area (Å²) < 4.78 is 6.84. The number of halogens is 1. The van der Waals surface area contributed by atoms with Gasteiger partial charge in [0, 0.05) is 29.0 Å². The van der Waals surface area contributed by atoms with Gasteiger partial charge in [0.1, 0.15) is 0 Å². The third-order valence-corrected chi connectivity index (χ3v) is 5.14. The van der Waals surface area contributed by atoms with Crippen LogP contribution in [0.4, 0.5) is 0 Å². The van der Waals surface area contributed by atoms with Crippen molar-refractivity contribution in [3.05, 3.63) is 34.3 Å². The summed E-state index contributed by atoms with van der Waals surface area (Å²) in [6.45, 7) is 2.89. The number of ether oxygens (including phenoxy) is 1. The van der Waals surface area contributed by atoms with Crippen LogP contribution < -0.4 is 0 Å². The van der Waals surface area contributed by atoms with E-state index in [1.165, 1.54) is 19.3 Å². The van der Waals surface area contributed by atoms with Crippen LogP contribution in [0.5, 0.6) is 0 Å². The molecule has 21 heavy (non-hydrogen) atoms. The molecule has 0 spiro atoms. The molecule has 0 radical (unpaired) electrons. The highest BCUT2D eigenvalue weighted by atomic mass is 79.9. The van der Waals surface area contributed by atoms with E-state index in [9.17, 15) is 4.79 Å². The van der Waals surface area contributed by atoms with E-state index in [0.29, 0.717) is 18.6 Å². The number of benzene rings is 1. The number of ketones is 1. The maximum atomic E-state index is 12.2. The van der Waals surface area contributed by atoms with Gasteiger partial charge in [0.2, 0.25) is 0 Å². The second-order valence-electron chi connectivity index (χ2n) is 5.98. The molecule has 0 amide bonds. The molecule has 0 bridgehead atoms. The first-order chi connectivity index (χ1) is 10.2. The number of carbonyl (C=O) groups excluding carboxylic acids is 1. The predicted molar refractivity (Wildman–Crippen MR) is 86.7 cm³/mol. The normalized spacial score (nSPS) is 25.8. The number of morpholine rings is 1. The van der Waals surface area contributed by atoms with Gasteiger partial charge in [-0.25, -0.2) is 0 Å². The fourth-order valence-corrected chi connectivity index (χ4v) is 3.77. The Morgan fingerprint density at radius 3 is 2.90 bits per heavy atom. The zero-order chi connectivity index (χ0) is 14.7. The van der Waals surface area contributed by atoms with Gasteiger partial charge in [-0.3, -0.25) is 9.69 Å². The van der Waals surface area contributed by atoms with Crippen LogP contribution in [0.15, 0.2) is 28.7 Å². The van der Waals surface area contributed by atoms with Crippen molar-refractivity contribution in [3.8, 4) is 0 Å². The number of rotatable bonds is 5. The Bertz CT molecular complexity index is 488. The summed E-state index contributed by atoms with van der Waals surface area (Å²) in [7, 11) is 0. The molecule has 2 fully saturated rings. The average molecular weight is 352 g/mol. The van der Waals surface area contributed by atoms with Gasteiger partial charge in [-0.05, 0) is 44.4 Å². The van der Waals surface area contributed by atoms with Crippen LogP contribution in [-0.4, -0.2) is 42.5 Å². The molecule has 1 aliphatic carbocycles. The van der Waals surface area contributed by atoms with Gasteiger partial charge in [-0.2, -0.15) is 0 Å². The Morgan fingerprint density at radius 1 is 1.29 bits per heavy atom. The van der Waals surface area contributed by atoms with Crippen molar-refractivity contribution < 1.29 is 9.53 Å². The lowest BCUT2D eigenvalue weighted by Gasteiger charge is -2.37. The van der Waals surface area contributed by atoms with Gasteiger partial charge in [0.05, 0.1) is 12.7 Å². The Labute approximate surface area is 134 Å². The first-order valence-corrected chi connectivity index (χ1v) is 8.68. The van der Waals surface area contributed by atoms with Gasteiger partial charge < -0.3 is 4.74 Å². The zero-order valence-corrected chi connectivity index (χ0v) is 13.8. The van der Waals surface area contributed by atoms with E-state index < -0.39 is 0 Å². The van der Waals surface area contributed by atoms with E-state index in [0.717, 1.165) is 36.2 Å². The Hall–Kier alpha value is -0.710. The van der Waals surface area contributed by atoms with Crippen molar-refractivity contribution in [2.75, 3.05) is 19.7 Å². The lowest BCUT2D eigenvalue weighted by molar-refractivity contribution is -0.0556. The highest BCUT2D eigenvalue weighted by Crippen LogP contribution is 2.29. The maximum absolute atomic E-state index is 12.2. The molecule has 3 nitrogen and oxygen atoms in total. The number of hydrogen-bond donors (Lipinski definition) is 0. The summed E-state index contributed by atoms with van der Waals surface area (Å²) >= 11 is 3.40. The fraction of sp³-hybridized carbons (Fsp3) is 0.588. The number of carbonyl (C=O) groups is 1. The van der Waals surface area contributed by atoms with Crippen molar-refractivity contribution in [3.63, 3.8) is 0 Å². The van der Waals surface area contributed by atoms with Gasteiger partial charge in [-0.1, -0.05) is 28.1 Å². The molecule has 1 saturated heterocycles. The summed E-state index contributed by atoms with van der Waals surface area (Å²) in [5.41, 5.74) is 0.818. The molecule has 114 valence electrons. The smallest absolute Gasteiger partial charge is 0.162 e. The van der Waals surface area contributed by atoms with Crippen LogP contribution in [-0.2, 0) is 4.74 Å². The van der Waals surface area contributed by atoms with Crippen LogP contribution in [0.2, 0.25) is 0 Å². The molecule has 1 aromatic carbocycles. The molecule has 0 aromatic heterocycles. The van der Waals surface area contributed by atoms with E-state index in [2.05, 4.69) is 20.8 Å². The van der Waals surface area contributed by atoms with Crippen LogP contribution in [0, 0.1) is 0 Å². The number of nitrogens with zero attached hydrogens (tertiary/aromatic N) is 1. The van der Waals surface area contributed by atoms with Crippen molar-refractivity contribution >= 4 is 21.7 Å². The van der Waals surface area contributed by atoms with Crippen LogP contribution >= 0.6 is 15.9 Å². The highest BCUT2D eigenvalue weighted by molar-refractivity contribution is 9.10. The van der Waals surface area contributed by atoms with E-state index >= 15 is 0 Å². The summed E-state index contributed by atoms with van der Waals surface area (Å²) in [5.74, 6) is 0.249. The molecule has 1 heterocycles. The number of Topliss-reactive ketones (excluding diaryl/α,β-unsaturated/α-hetero) is 1. The van der Waals surface area contributed by atoms with E-state index in [1.807, 2.05) is 24.3 Å². The topological polar surface area (TPSA) is 29.5 Å². The molecular weight excluding hydrogens is 330 g/mol. The molecule has 3 rings (SSSR count). The Balaban J connectivity index is 1.47. The highest BCUT2D eigenvalue weighted by Gasteiger charge is 2.35. The summed E-state index contributed by atoms with van der Waals surface area (Å²) in [6.07, 6.45) is 5.77. The molecule has 2 aliphatic rings. The second kappa shape index (κ2) is 7.03. The lowest BCUT2D eigenvalue weighted by Crippen LogP contribution is -2.48. The van der Waals surface area contributed by atoms with Crippen LogP contribution in [0.3, 0.4) is 0 Å². The number of hydrogen-bond acceptors (Lipinski definition) is 3. The molecule has 2 atom stereocenters. The van der Waals surface area contributed by atoms with Crippen molar-refractivity contribution in [1.29, 1.82) is 0 Å². The van der Waals surface area contributed by atoms with E-state index in [-0.39, 0.29) is 5.78 Å². The van der Waals surface area contributed by atoms with Crippen molar-refractivity contribution in [2.45, 2.75) is 44.2 Å². The maximum Gasteiger partial charge on any atom is 0.162 e. The lowest BCUT2D eigenvalue weighted by atomic mass is 10.1. The molecule has 2 unspecified atom stereocenters. The van der Waals surface area contributed by atoms with Gasteiger partial charge in [0.25, 0.3) is 0 Å².